The second-order valence-electron chi connectivity index (χ2n) is 5.13. The molecule has 20 heavy (non-hydrogen) atoms. The predicted molar refractivity (Wildman–Crippen MR) is 84.0 cm³/mol. The van der Waals surface area contributed by atoms with Gasteiger partial charge in [0, 0.05) is 5.69 Å². The van der Waals surface area contributed by atoms with E-state index in [0.717, 1.165) is 28.8 Å². The van der Waals surface area contributed by atoms with Crippen LogP contribution in [-0.4, -0.2) is 5.91 Å². The molecule has 0 aliphatic heterocycles. The van der Waals surface area contributed by atoms with E-state index in [1.54, 1.807) is 0 Å². The van der Waals surface area contributed by atoms with Crippen LogP contribution >= 0.6 is 0 Å². The molecule has 2 rings (SSSR count). The van der Waals surface area contributed by atoms with Gasteiger partial charge in [-0.05, 0) is 37.0 Å². The number of benzene rings is 2. The summed E-state index contributed by atoms with van der Waals surface area (Å²) in [5.74, 6) is -0.0358. The van der Waals surface area contributed by atoms with Crippen molar-refractivity contribution in [3.63, 3.8) is 0 Å². The van der Waals surface area contributed by atoms with Crippen molar-refractivity contribution in [2.24, 2.45) is 0 Å². The normalized spacial score (nSPS) is 11.9. The maximum Gasteiger partial charge on any atom is 0.231 e. The maximum atomic E-state index is 12.5. The van der Waals surface area contributed by atoms with E-state index in [4.69, 9.17) is 0 Å². The topological polar surface area (TPSA) is 29.1 Å². The lowest BCUT2D eigenvalue weighted by Crippen LogP contribution is -2.21. The largest absolute Gasteiger partial charge is 0.325 e. The van der Waals surface area contributed by atoms with Crippen molar-refractivity contribution in [2.45, 2.75) is 33.1 Å². The molecule has 0 aliphatic carbocycles. The molecule has 0 spiro atoms. The Morgan fingerprint density at radius 3 is 2.15 bits per heavy atom. The SMILES string of the molecule is CC[C@H](C(=O)Nc1c(C)cccc1C)c1ccccc1. The Morgan fingerprint density at radius 1 is 1.00 bits per heavy atom. The van der Waals surface area contributed by atoms with E-state index in [1.807, 2.05) is 69.3 Å². The van der Waals surface area contributed by atoms with Crippen molar-refractivity contribution in [1.82, 2.24) is 0 Å². The Labute approximate surface area is 120 Å². The number of anilines is 1. The molecule has 1 amide bonds. The monoisotopic (exact) mass is 267 g/mol. The van der Waals surface area contributed by atoms with Gasteiger partial charge in [-0.1, -0.05) is 55.5 Å². The second-order valence-corrected chi connectivity index (χ2v) is 5.13. The summed E-state index contributed by atoms with van der Waals surface area (Å²) in [6, 6.07) is 16.0. The van der Waals surface area contributed by atoms with Crippen LogP contribution < -0.4 is 5.32 Å². The van der Waals surface area contributed by atoms with Crippen LogP contribution in [0.3, 0.4) is 0 Å². The molecule has 0 bridgehead atoms. The average Bonchev–Trinajstić information content (AvgIpc) is 2.45. The lowest BCUT2D eigenvalue weighted by atomic mass is 9.95. The summed E-state index contributed by atoms with van der Waals surface area (Å²) in [7, 11) is 0. The molecule has 1 N–H and O–H groups in total. The van der Waals surface area contributed by atoms with E-state index in [-0.39, 0.29) is 11.8 Å². The summed E-state index contributed by atoms with van der Waals surface area (Å²) in [5.41, 5.74) is 4.20. The highest BCUT2D eigenvalue weighted by atomic mass is 16.1. The van der Waals surface area contributed by atoms with E-state index in [0.29, 0.717) is 0 Å². The first-order valence-electron chi connectivity index (χ1n) is 7.05. The molecule has 0 saturated heterocycles. The maximum absolute atomic E-state index is 12.5. The molecular formula is C18H21NO. The standard InChI is InChI=1S/C18H21NO/c1-4-16(15-11-6-5-7-12-15)18(20)19-17-13(2)9-8-10-14(17)3/h5-12,16H,4H2,1-3H3,(H,19,20)/t16-/m0/s1. The third kappa shape index (κ3) is 3.08. The van der Waals surface area contributed by atoms with Crippen molar-refractivity contribution in [3.8, 4) is 0 Å². The van der Waals surface area contributed by atoms with E-state index in [2.05, 4.69) is 5.32 Å². The van der Waals surface area contributed by atoms with Crippen LogP contribution in [0.1, 0.15) is 36.0 Å². The zero-order chi connectivity index (χ0) is 14.5. The summed E-state index contributed by atoms with van der Waals surface area (Å²) in [6.07, 6.45) is 0.792. The molecule has 0 unspecified atom stereocenters. The van der Waals surface area contributed by atoms with E-state index >= 15 is 0 Å². The number of aryl methyl sites for hydroxylation is 2. The van der Waals surface area contributed by atoms with Gasteiger partial charge >= 0.3 is 0 Å². The number of hydrogen-bond acceptors (Lipinski definition) is 1. The van der Waals surface area contributed by atoms with E-state index in [9.17, 15) is 4.79 Å². The number of rotatable bonds is 4. The molecule has 0 fully saturated rings. The molecule has 104 valence electrons. The molecule has 2 nitrogen and oxygen atoms in total. The number of hydrogen-bond donors (Lipinski definition) is 1. The number of carbonyl (C=O) groups excluding carboxylic acids is 1. The van der Waals surface area contributed by atoms with Crippen LogP contribution in [0.2, 0.25) is 0 Å². The van der Waals surface area contributed by atoms with Gasteiger partial charge in [0.2, 0.25) is 5.91 Å². The minimum Gasteiger partial charge on any atom is -0.325 e. The smallest absolute Gasteiger partial charge is 0.231 e. The third-order valence-electron chi connectivity index (χ3n) is 3.66. The first-order valence-corrected chi connectivity index (χ1v) is 7.05. The fraction of sp³-hybridized carbons (Fsp3) is 0.278. The Kier molecular flexibility index (Phi) is 4.57. The fourth-order valence-electron chi connectivity index (χ4n) is 2.48. The van der Waals surface area contributed by atoms with Gasteiger partial charge in [-0.25, -0.2) is 0 Å². The van der Waals surface area contributed by atoms with Crippen molar-refractivity contribution in [1.29, 1.82) is 0 Å². The molecular weight excluding hydrogens is 246 g/mol. The lowest BCUT2D eigenvalue weighted by Gasteiger charge is -2.18. The predicted octanol–water partition coefficient (Wildman–Crippen LogP) is 4.44. The summed E-state index contributed by atoms with van der Waals surface area (Å²) in [6.45, 7) is 6.08. The Morgan fingerprint density at radius 2 is 1.60 bits per heavy atom. The summed E-state index contributed by atoms with van der Waals surface area (Å²) < 4.78 is 0. The molecule has 0 aliphatic rings. The quantitative estimate of drug-likeness (QED) is 0.872. The Bertz CT molecular complexity index is 569. The third-order valence-corrected chi connectivity index (χ3v) is 3.66. The lowest BCUT2D eigenvalue weighted by molar-refractivity contribution is -0.117. The fourth-order valence-corrected chi connectivity index (χ4v) is 2.48. The van der Waals surface area contributed by atoms with Gasteiger partial charge < -0.3 is 5.32 Å². The van der Waals surface area contributed by atoms with E-state index < -0.39 is 0 Å². The zero-order valence-corrected chi connectivity index (χ0v) is 12.3. The van der Waals surface area contributed by atoms with Gasteiger partial charge in [-0.2, -0.15) is 0 Å². The van der Waals surface area contributed by atoms with Gasteiger partial charge in [0.25, 0.3) is 0 Å². The van der Waals surface area contributed by atoms with Crippen LogP contribution in [0.5, 0.6) is 0 Å². The van der Waals surface area contributed by atoms with Gasteiger partial charge in [0.05, 0.1) is 5.92 Å². The van der Waals surface area contributed by atoms with Crippen LogP contribution in [0.25, 0.3) is 0 Å². The molecule has 0 heterocycles. The summed E-state index contributed by atoms with van der Waals surface area (Å²) >= 11 is 0. The van der Waals surface area contributed by atoms with Crippen molar-refractivity contribution >= 4 is 11.6 Å². The van der Waals surface area contributed by atoms with E-state index in [1.165, 1.54) is 0 Å². The highest BCUT2D eigenvalue weighted by Gasteiger charge is 2.19. The first-order chi connectivity index (χ1) is 9.63. The van der Waals surface area contributed by atoms with Crippen LogP contribution in [-0.2, 0) is 4.79 Å². The highest BCUT2D eigenvalue weighted by molar-refractivity contribution is 5.97. The second kappa shape index (κ2) is 6.38. The van der Waals surface area contributed by atoms with Gasteiger partial charge in [0.15, 0.2) is 0 Å². The highest BCUT2D eigenvalue weighted by Crippen LogP contribution is 2.24. The van der Waals surface area contributed by atoms with Gasteiger partial charge in [-0.3, -0.25) is 4.79 Å². The average molecular weight is 267 g/mol. The van der Waals surface area contributed by atoms with Crippen molar-refractivity contribution in [2.75, 3.05) is 5.32 Å². The summed E-state index contributed by atoms with van der Waals surface area (Å²) in [4.78, 5) is 12.5. The molecule has 2 aromatic rings. The number of para-hydroxylation sites is 1. The number of carbonyl (C=O) groups is 1. The van der Waals surface area contributed by atoms with Crippen LogP contribution in [0.15, 0.2) is 48.5 Å². The number of amides is 1. The zero-order valence-electron chi connectivity index (χ0n) is 12.3. The molecule has 0 radical (unpaired) electrons. The van der Waals surface area contributed by atoms with Gasteiger partial charge in [-0.15, -0.1) is 0 Å². The Balaban J connectivity index is 2.23. The molecule has 1 atom stereocenters. The first kappa shape index (κ1) is 14.3. The van der Waals surface area contributed by atoms with Crippen molar-refractivity contribution < 1.29 is 4.79 Å². The Hall–Kier alpha value is -2.09. The molecule has 0 saturated carbocycles. The van der Waals surface area contributed by atoms with Crippen LogP contribution in [0, 0.1) is 13.8 Å². The molecule has 0 aromatic heterocycles. The molecule has 2 heteroatoms. The minimum atomic E-state index is -0.102. The summed E-state index contributed by atoms with van der Waals surface area (Å²) in [5, 5.41) is 3.09. The molecule has 2 aromatic carbocycles. The van der Waals surface area contributed by atoms with Gasteiger partial charge in [0.1, 0.15) is 0 Å². The number of nitrogens with one attached hydrogen (secondary N) is 1. The van der Waals surface area contributed by atoms with Crippen molar-refractivity contribution in [3.05, 3.63) is 65.2 Å². The minimum absolute atomic E-state index is 0.0658. The van der Waals surface area contributed by atoms with Crippen LogP contribution in [0.4, 0.5) is 5.69 Å².